The zero-order valence-electron chi connectivity index (χ0n) is 11.7. The molecule has 1 atom stereocenters. The van der Waals surface area contributed by atoms with Crippen LogP contribution in [0.25, 0.3) is 10.9 Å². The zero-order valence-corrected chi connectivity index (χ0v) is 12.5. The predicted molar refractivity (Wildman–Crippen MR) is 77.1 cm³/mol. The number of rotatable bonds is 2. The van der Waals surface area contributed by atoms with E-state index in [2.05, 4.69) is 10.2 Å². The van der Waals surface area contributed by atoms with Gasteiger partial charge in [-0.3, -0.25) is 14.8 Å². The molecule has 120 valence electrons. The number of carbonyl (C=O) groups is 2. The molecule has 1 aromatic heterocycles. The molecule has 0 saturated carbocycles. The summed E-state index contributed by atoms with van der Waals surface area (Å²) in [5.41, 5.74) is 1.19. The smallest absolute Gasteiger partial charge is 0.306 e. The van der Waals surface area contributed by atoms with Crippen LogP contribution >= 0.6 is 11.6 Å². The second-order valence-electron chi connectivity index (χ2n) is 5.77. The lowest BCUT2D eigenvalue weighted by atomic mass is 10.1. The van der Waals surface area contributed by atoms with E-state index in [4.69, 9.17) is 11.6 Å². The van der Waals surface area contributed by atoms with Crippen LogP contribution in [0.5, 0.6) is 0 Å². The maximum absolute atomic E-state index is 13.4. The van der Waals surface area contributed by atoms with Crippen molar-refractivity contribution in [2.45, 2.75) is 24.9 Å². The maximum Gasteiger partial charge on any atom is 0.328 e. The van der Waals surface area contributed by atoms with Gasteiger partial charge in [-0.05, 0) is 18.2 Å². The molecule has 0 radical (unpaired) electrons. The third kappa shape index (κ3) is 2.16. The molecule has 0 spiro atoms. The summed E-state index contributed by atoms with van der Waals surface area (Å²) in [6.45, 7) is -0.763. The van der Waals surface area contributed by atoms with Crippen LogP contribution in [0.3, 0.4) is 0 Å². The van der Waals surface area contributed by atoms with Gasteiger partial charge in [0, 0.05) is 16.8 Å². The van der Waals surface area contributed by atoms with Gasteiger partial charge in [-0.15, -0.1) is 0 Å². The number of aromatic amines is 1. The standard InChI is InChI=1S/C14H11ClF2N4O2/c15-7-1-2-9-8(3-7)10(19-18-9)5-20-12(22)11-4-14(16,17)6-21(11)13(20)23/h1-3,11H,4-6H2,(H,18,19)/t11-/m0/s1. The number of imide groups is 1. The average molecular weight is 341 g/mol. The van der Waals surface area contributed by atoms with Crippen molar-refractivity contribution in [1.29, 1.82) is 0 Å². The Morgan fingerprint density at radius 3 is 2.91 bits per heavy atom. The van der Waals surface area contributed by atoms with Gasteiger partial charge >= 0.3 is 6.03 Å². The molecular formula is C14H11ClF2N4O2. The third-order valence-corrected chi connectivity index (χ3v) is 4.44. The molecular weight excluding hydrogens is 330 g/mol. The van der Waals surface area contributed by atoms with Gasteiger partial charge in [0.2, 0.25) is 0 Å². The summed E-state index contributed by atoms with van der Waals surface area (Å²) >= 11 is 5.95. The second kappa shape index (κ2) is 4.64. The highest BCUT2D eigenvalue weighted by atomic mass is 35.5. The molecule has 9 heteroatoms. The Labute approximate surface area is 134 Å². The first-order valence-corrected chi connectivity index (χ1v) is 7.36. The first-order valence-electron chi connectivity index (χ1n) is 6.98. The summed E-state index contributed by atoms with van der Waals surface area (Å²) < 4.78 is 26.7. The Kier molecular flexibility index (Phi) is 2.90. The van der Waals surface area contributed by atoms with E-state index >= 15 is 0 Å². The quantitative estimate of drug-likeness (QED) is 0.853. The van der Waals surface area contributed by atoms with Gasteiger partial charge in [0.25, 0.3) is 11.8 Å². The fourth-order valence-electron chi connectivity index (χ4n) is 3.13. The number of H-pyrrole nitrogens is 1. The fraction of sp³-hybridized carbons (Fsp3) is 0.357. The second-order valence-corrected chi connectivity index (χ2v) is 6.21. The minimum absolute atomic E-state index is 0.0485. The summed E-state index contributed by atoms with van der Waals surface area (Å²) in [5, 5.41) is 8.04. The summed E-state index contributed by atoms with van der Waals surface area (Å²) in [5.74, 6) is -3.60. The lowest BCUT2D eigenvalue weighted by Crippen LogP contribution is -2.36. The molecule has 1 aromatic carbocycles. The van der Waals surface area contributed by atoms with Crippen molar-refractivity contribution in [3.63, 3.8) is 0 Å². The van der Waals surface area contributed by atoms with E-state index in [-0.39, 0.29) is 6.54 Å². The van der Waals surface area contributed by atoms with Crippen molar-refractivity contribution in [1.82, 2.24) is 20.0 Å². The van der Waals surface area contributed by atoms with Crippen LogP contribution in [0.4, 0.5) is 13.6 Å². The van der Waals surface area contributed by atoms with E-state index in [1.165, 1.54) is 0 Å². The number of nitrogens with zero attached hydrogens (tertiary/aromatic N) is 3. The number of urea groups is 1. The van der Waals surface area contributed by atoms with Gasteiger partial charge in [0.15, 0.2) is 0 Å². The largest absolute Gasteiger partial charge is 0.328 e. The van der Waals surface area contributed by atoms with E-state index < -0.39 is 36.9 Å². The number of hydrogen-bond donors (Lipinski definition) is 1. The van der Waals surface area contributed by atoms with Gasteiger partial charge < -0.3 is 4.90 Å². The minimum atomic E-state index is -3.00. The molecule has 2 aliphatic rings. The van der Waals surface area contributed by atoms with E-state index in [0.29, 0.717) is 21.6 Å². The van der Waals surface area contributed by atoms with Crippen LogP contribution in [-0.2, 0) is 11.3 Å². The summed E-state index contributed by atoms with van der Waals surface area (Å²) in [7, 11) is 0. The van der Waals surface area contributed by atoms with Crippen LogP contribution in [-0.4, -0.2) is 50.4 Å². The highest BCUT2D eigenvalue weighted by molar-refractivity contribution is 6.31. The van der Waals surface area contributed by atoms with Crippen LogP contribution in [0.1, 0.15) is 12.1 Å². The maximum atomic E-state index is 13.4. The SMILES string of the molecule is O=C1[C@@H]2CC(F)(F)CN2C(=O)N1Cc1[nH]nc2ccc(Cl)cc12. The molecule has 4 rings (SSSR count). The van der Waals surface area contributed by atoms with Crippen LogP contribution in [0.2, 0.25) is 5.02 Å². The number of hydrogen-bond acceptors (Lipinski definition) is 3. The summed E-state index contributed by atoms with van der Waals surface area (Å²) in [4.78, 5) is 26.5. The zero-order chi connectivity index (χ0) is 16.4. The van der Waals surface area contributed by atoms with Gasteiger partial charge in [-0.1, -0.05) is 11.6 Å². The van der Waals surface area contributed by atoms with Gasteiger partial charge in [-0.2, -0.15) is 5.10 Å². The molecule has 2 saturated heterocycles. The number of benzene rings is 1. The highest BCUT2D eigenvalue weighted by Gasteiger charge is 2.57. The molecule has 6 nitrogen and oxygen atoms in total. The Hall–Kier alpha value is -2.22. The van der Waals surface area contributed by atoms with Crippen LogP contribution in [0, 0.1) is 0 Å². The first kappa shape index (κ1) is 14.4. The number of halogens is 3. The van der Waals surface area contributed by atoms with E-state index in [0.717, 1.165) is 9.80 Å². The highest BCUT2D eigenvalue weighted by Crippen LogP contribution is 2.37. The molecule has 2 fully saturated rings. The normalized spacial score (nSPS) is 23.2. The minimum Gasteiger partial charge on any atom is -0.306 e. The molecule has 3 amide bonds. The van der Waals surface area contributed by atoms with Crippen molar-refractivity contribution >= 4 is 34.4 Å². The van der Waals surface area contributed by atoms with Crippen molar-refractivity contribution in [2.24, 2.45) is 0 Å². The molecule has 0 aliphatic carbocycles. The average Bonchev–Trinajstić information content (AvgIpc) is 3.08. The molecule has 0 bridgehead atoms. The topological polar surface area (TPSA) is 69.3 Å². The predicted octanol–water partition coefficient (Wildman–Crippen LogP) is 2.39. The van der Waals surface area contributed by atoms with Crippen LogP contribution in [0.15, 0.2) is 18.2 Å². The Morgan fingerprint density at radius 2 is 2.17 bits per heavy atom. The Bertz CT molecular complexity index is 811. The fourth-order valence-corrected chi connectivity index (χ4v) is 3.30. The van der Waals surface area contributed by atoms with Crippen molar-refractivity contribution < 1.29 is 18.4 Å². The number of carbonyl (C=O) groups excluding carboxylic acids is 2. The Morgan fingerprint density at radius 1 is 1.39 bits per heavy atom. The van der Waals surface area contributed by atoms with Crippen LogP contribution < -0.4 is 0 Å². The number of amides is 3. The molecule has 0 unspecified atom stereocenters. The van der Waals surface area contributed by atoms with E-state index in [1.54, 1.807) is 18.2 Å². The first-order chi connectivity index (χ1) is 10.9. The van der Waals surface area contributed by atoms with Crippen molar-refractivity contribution in [3.05, 3.63) is 28.9 Å². The molecule has 2 aliphatic heterocycles. The monoisotopic (exact) mass is 340 g/mol. The molecule has 23 heavy (non-hydrogen) atoms. The number of alkyl halides is 2. The summed E-state index contributed by atoms with van der Waals surface area (Å²) in [6.07, 6.45) is -0.621. The lowest BCUT2D eigenvalue weighted by molar-refractivity contribution is -0.129. The molecule has 1 N–H and O–H groups in total. The van der Waals surface area contributed by atoms with E-state index in [9.17, 15) is 18.4 Å². The number of nitrogens with one attached hydrogen (secondary N) is 1. The summed E-state index contributed by atoms with van der Waals surface area (Å²) in [6, 6.07) is 3.30. The van der Waals surface area contributed by atoms with E-state index in [1.807, 2.05) is 0 Å². The molecule has 2 aromatic rings. The number of fused-ring (bicyclic) bond motifs is 2. The third-order valence-electron chi connectivity index (χ3n) is 4.21. The van der Waals surface area contributed by atoms with Gasteiger partial charge in [-0.25, -0.2) is 13.6 Å². The number of aromatic nitrogens is 2. The van der Waals surface area contributed by atoms with Gasteiger partial charge in [0.1, 0.15) is 6.04 Å². The molecule has 3 heterocycles. The lowest BCUT2D eigenvalue weighted by Gasteiger charge is -2.17. The Balaban J connectivity index is 1.63. The van der Waals surface area contributed by atoms with Gasteiger partial charge in [0.05, 0.1) is 24.3 Å². The van der Waals surface area contributed by atoms with Crippen molar-refractivity contribution in [3.8, 4) is 0 Å². The van der Waals surface area contributed by atoms with Crippen molar-refractivity contribution in [2.75, 3.05) is 6.54 Å².